The van der Waals surface area contributed by atoms with E-state index in [4.69, 9.17) is 0 Å². The van der Waals surface area contributed by atoms with Gasteiger partial charge in [-0.25, -0.2) is 4.98 Å². The van der Waals surface area contributed by atoms with Crippen LogP contribution in [0.1, 0.15) is 30.2 Å². The molecule has 0 saturated heterocycles. The molecule has 1 aromatic heterocycles. The van der Waals surface area contributed by atoms with Crippen LogP contribution in [0.3, 0.4) is 0 Å². The fraction of sp³-hybridized carbons (Fsp3) is 0.438. The fourth-order valence-electron chi connectivity index (χ4n) is 2.16. The lowest BCUT2D eigenvalue weighted by molar-refractivity contribution is 0.516. The maximum absolute atomic E-state index is 4.29. The number of rotatable bonds is 7. The Kier molecular flexibility index (Phi) is 5.55. The Balaban J connectivity index is 1.65. The molecule has 2 aromatic rings. The lowest BCUT2D eigenvalue weighted by atomic mass is 10.0. The number of benzene rings is 1. The Morgan fingerprint density at radius 3 is 2.95 bits per heavy atom. The number of nitrogens with zero attached hydrogens (tertiary/aromatic N) is 1. The summed E-state index contributed by atoms with van der Waals surface area (Å²) in [4.78, 5) is 4.29. The summed E-state index contributed by atoms with van der Waals surface area (Å²) in [6.45, 7) is 5.43. The Bertz CT molecular complexity index is 479. The Morgan fingerprint density at radius 1 is 1.32 bits per heavy atom. The lowest BCUT2D eigenvalue weighted by Gasteiger charge is -2.13. The fourth-order valence-corrected chi connectivity index (χ4v) is 2.75. The highest BCUT2D eigenvalue weighted by Crippen LogP contribution is 2.08. The molecule has 0 amide bonds. The van der Waals surface area contributed by atoms with Crippen molar-refractivity contribution in [3.63, 3.8) is 0 Å². The zero-order valence-electron chi connectivity index (χ0n) is 11.7. The van der Waals surface area contributed by atoms with Crippen LogP contribution in [0.4, 0.5) is 0 Å². The number of aryl methyl sites for hydroxylation is 2. The molecule has 0 aliphatic heterocycles. The summed E-state index contributed by atoms with van der Waals surface area (Å²) in [6.07, 6.45) is 3.35. The van der Waals surface area contributed by atoms with Crippen molar-refractivity contribution in [3.8, 4) is 0 Å². The molecule has 19 heavy (non-hydrogen) atoms. The van der Waals surface area contributed by atoms with Crippen molar-refractivity contribution in [1.82, 2.24) is 10.3 Å². The van der Waals surface area contributed by atoms with Crippen LogP contribution < -0.4 is 5.32 Å². The van der Waals surface area contributed by atoms with E-state index in [1.54, 1.807) is 11.3 Å². The number of hydrogen-bond donors (Lipinski definition) is 1. The first-order valence-corrected chi connectivity index (χ1v) is 7.84. The van der Waals surface area contributed by atoms with Crippen LogP contribution in [-0.4, -0.2) is 17.6 Å². The Labute approximate surface area is 119 Å². The summed E-state index contributed by atoms with van der Waals surface area (Å²) in [5.41, 5.74) is 5.88. The van der Waals surface area contributed by atoms with Gasteiger partial charge in [-0.05, 0) is 32.3 Å². The summed E-state index contributed by atoms with van der Waals surface area (Å²) in [6, 6.07) is 9.35. The minimum Gasteiger partial charge on any atom is -0.314 e. The van der Waals surface area contributed by atoms with Crippen molar-refractivity contribution in [2.45, 2.75) is 39.2 Å². The summed E-state index contributed by atoms with van der Waals surface area (Å²) >= 11 is 1.67. The van der Waals surface area contributed by atoms with Crippen LogP contribution in [0, 0.1) is 6.92 Å². The van der Waals surface area contributed by atoms with E-state index in [0.29, 0.717) is 6.04 Å². The molecule has 1 heterocycles. The molecule has 0 saturated carbocycles. The van der Waals surface area contributed by atoms with Gasteiger partial charge in [0, 0.05) is 24.4 Å². The second-order valence-corrected chi connectivity index (χ2v) is 5.83. The lowest BCUT2D eigenvalue weighted by Crippen LogP contribution is -2.28. The third-order valence-corrected chi connectivity index (χ3v) is 3.94. The highest BCUT2D eigenvalue weighted by molar-refractivity contribution is 7.07. The normalized spacial score (nSPS) is 12.5. The smallest absolute Gasteiger partial charge is 0.0794 e. The van der Waals surface area contributed by atoms with Crippen molar-refractivity contribution < 1.29 is 0 Å². The first-order chi connectivity index (χ1) is 9.24. The topological polar surface area (TPSA) is 24.9 Å². The number of nitrogens with one attached hydrogen (secondary N) is 1. The molecule has 102 valence electrons. The molecule has 0 radical (unpaired) electrons. The summed E-state index contributed by atoms with van der Waals surface area (Å²) in [5, 5.41) is 5.69. The van der Waals surface area contributed by atoms with Gasteiger partial charge in [-0.2, -0.15) is 0 Å². The molecule has 1 atom stereocenters. The maximum Gasteiger partial charge on any atom is 0.0794 e. The molecule has 1 N–H and O–H groups in total. The van der Waals surface area contributed by atoms with Gasteiger partial charge < -0.3 is 5.32 Å². The average Bonchev–Trinajstić information content (AvgIpc) is 2.90. The van der Waals surface area contributed by atoms with Gasteiger partial charge in [0.2, 0.25) is 0 Å². The van der Waals surface area contributed by atoms with Gasteiger partial charge in [0.1, 0.15) is 0 Å². The van der Waals surface area contributed by atoms with E-state index in [-0.39, 0.29) is 0 Å². The van der Waals surface area contributed by atoms with Gasteiger partial charge in [0.15, 0.2) is 0 Å². The molecule has 0 bridgehead atoms. The predicted octanol–water partition coefficient (Wildman–Crippen LogP) is 3.60. The van der Waals surface area contributed by atoms with E-state index in [0.717, 1.165) is 19.4 Å². The molecule has 3 heteroatoms. The molecule has 0 spiro atoms. The van der Waals surface area contributed by atoms with Crippen LogP contribution in [0.15, 0.2) is 35.2 Å². The number of thiazole rings is 1. The minimum atomic E-state index is 0.555. The highest BCUT2D eigenvalue weighted by Gasteiger charge is 2.03. The number of hydrogen-bond acceptors (Lipinski definition) is 3. The van der Waals surface area contributed by atoms with Crippen molar-refractivity contribution in [1.29, 1.82) is 0 Å². The van der Waals surface area contributed by atoms with Crippen molar-refractivity contribution in [3.05, 3.63) is 52.0 Å². The van der Waals surface area contributed by atoms with Gasteiger partial charge in [-0.15, -0.1) is 11.3 Å². The van der Waals surface area contributed by atoms with Gasteiger partial charge in [0.25, 0.3) is 0 Å². The van der Waals surface area contributed by atoms with Crippen LogP contribution in [0.5, 0.6) is 0 Å². The highest BCUT2D eigenvalue weighted by atomic mass is 32.1. The third-order valence-electron chi connectivity index (χ3n) is 3.31. The van der Waals surface area contributed by atoms with Gasteiger partial charge >= 0.3 is 0 Å². The molecule has 0 aliphatic rings. The van der Waals surface area contributed by atoms with Gasteiger partial charge in [-0.3, -0.25) is 0 Å². The Morgan fingerprint density at radius 2 is 2.21 bits per heavy atom. The largest absolute Gasteiger partial charge is 0.314 e. The predicted molar refractivity (Wildman–Crippen MR) is 82.8 cm³/mol. The second kappa shape index (κ2) is 7.41. The first-order valence-electron chi connectivity index (χ1n) is 6.90. The molecule has 0 aliphatic carbocycles. The van der Waals surface area contributed by atoms with Crippen molar-refractivity contribution in [2.24, 2.45) is 0 Å². The maximum atomic E-state index is 4.29. The molecule has 2 nitrogen and oxygen atoms in total. The van der Waals surface area contributed by atoms with E-state index < -0.39 is 0 Å². The van der Waals surface area contributed by atoms with Crippen molar-refractivity contribution in [2.75, 3.05) is 6.54 Å². The summed E-state index contributed by atoms with van der Waals surface area (Å²) in [7, 11) is 0. The van der Waals surface area contributed by atoms with Crippen LogP contribution in [0.25, 0.3) is 0 Å². The Hall–Kier alpha value is -1.19. The zero-order chi connectivity index (χ0) is 13.5. The average molecular weight is 274 g/mol. The molecule has 1 aromatic carbocycles. The first kappa shape index (κ1) is 14.2. The zero-order valence-corrected chi connectivity index (χ0v) is 12.5. The van der Waals surface area contributed by atoms with E-state index in [1.807, 2.05) is 5.51 Å². The van der Waals surface area contributed by atoms with E-state index in [2.05, 4.69) is 53.8 Å². The third kappa shape index (κ3) is 5.13. The van der Waals surface area contributed by atoms with Gasteiger partial charge in [0.05, 0.1) is 11.2 Å². The molecule has 1 unspecified atom stereocenters. The van der Waals surface area contributed by atoms with Gasteiger partial charge in [-0.1, -0.05) is 29.8 Å². The summed E-state index contributed by atoms with van der Waals surface area (Å²) < 4.78 is 0. The SMILES string of the molecule is Cc1cccc(CCC(C)NCCc2cscn2)c1. The molecular formula is C16H22N2S. The van der Waals surface area contributed by atoms with E-state index in [9.17, 15) is 0 Å². The minimum absolute atomic E-state index is 0.555. The van der Waals surface area contributed by atoms with E-state index in [1.165, 1.54) is 23.2 Å². The van der Waals surface area contributed by atoms with Crippen LogP contribution >= 0.6 is 11.3 Å². The monoisotopic (exact) mass is 274 g/mol. The molecular weight excluding hydrogens is 252 g/mol. The van der Waals surface area contributed by atoms with Crippen LogP contribution in [-0.2, 0) is 12.8 Å². The van der Waals surface area contributed by atoms with Crippen LogP contribution in [0.2, 0.25) is 0 Å². The summed E-state index contributed by atoms with van der Waals surface area (Å²) in [5.74, 6) is 0. The molecule has 2 rings (SSSR count). The van der Waals surface area contributed by atoms with E-state index >= 15 is 0 Å². The standard InChI is InChI=1S/C16H22N2S/c1-13-4-3-5-15(10-13)7-6-14(2)17-9-8-16-11-19-12-18-16/h3-5,10-12,14,17H,6-9H2,1-2H3. The van der Waals surface area contributed by atoms with Crippen molar-refractivity contribution >= 4 is 11.3 Å². The second-order valence-electron chi connectivity index (χ2n) is 5.11. The molecule has 0 fully saturated rings. The number of aromatic nitrogens is 1. The quantitative estimate of drug-likeness (QED) is 0.834.